The molecular weight excluding hydrogens is 314 g/mol. The van der Waals surface area contributed by atoms with Gasteiger partial charge in [-0.25, -0.2) is 9.67 Å². The van der Waals surface area contributed by atoms with Crippen LogP contribution in [0.15, 0.2) is 48.7 Å². The number of methoxy groups -OCH3 is 1. The summed E-state index contributed by atoms with van der Waals surface area (Å²) in [7, 11) is 1.65. The number of nitrogens with zero attached hydrogens (tertiary/aromatic N) is 3. The Morgan fingerprint density at radius 2 is 1.96 bits per heavy atom. The molecular formula is C20H19N3O2. The van der Waals surface area contributed by atoms with Gasteiger partial charge in [0.1, 0.15) is 5.75 Å². The molecule has 1 aromatic carbocycles. The highest BCUT2D eigenvalue weighted by molar-refractivity contribution is 5.99. The number of hydrogen-bond acceptors (Lipinski definition) is 4. The minimum atomic E-state index is 0.187. The molecule has 0 N–H and O–H groups in total. The van der Waals surface area contributed by atoms with Crippen LogP contribution in [0.25, 0.3) is 5.82 Å². The van der Waals surface area contributed by atoms with E-state index in [1.165, 1.54) is 0 Å². The van der Waals surface area contributed by atoms with E-state index in [0.29, 0.717) is 12.8 Å². The molecule has 4 rings (SSSR count). The fraction of sp³-hybridized carbons (Fsp3) is 0.250. The van der Waals surface area contributed by atoms with Gasteiger partial charge >= 0.3 is 0 Å². The molecule has 126 valence electrons. The van der Waals surface area contributed by atoms with Gasteiger partial charge < -0.3 is 4.74 Å². The van der Waals surface area contributed by atoms with Crippen LogP contribution in [0.3, 0.4) is 0 Å². The van der Waals surface area contributed by atoms with Crippen molar-refractivity contribution in [2.75, 3.05) is 7.11 Å². The monoisotopic (exact) mass is 333 g/mol. The molecule has 0 amide bonds. The van der Waals surface area contributed by atoms with Crippen LogP contribution >= 0.6 is 0 Å². The Kier molecular flexibility index (Phi) is 4.06. The van der Waals surface area contributed by atoms with Crippen molar-refractivity contribution in [1.29, 1.82) is 0 Å². The van der Waals surface area contributed by atoms with Crippen LogP contribution in [0, 0.1) is 0 Å². The zero-order valence-electron chi connectivity index (χ0n) is 14.1. The molecule has 0 radical (unpaired) electrons. The Morgan fingerprint density at radius 3 is 2.68 bits per heavy atom. The molecule has 1 aliphatic carbocycles. The molecule has 1 aliphatic rings. The average molecular weight is 333 g/mol. The number of benzene rings is 1. The lowest BCUT2D eigenvalue weighted by Crippen LogP contribution is -2.14. The summed E-state index contributed by atoms with van der Waals surface area (Å²) in [4.78, 5) is 16.9. The van der Waals surface area contributed by atoms with Crippen LogP contribution in [-0.2, 0) is 12.8 Å². The molecule has 0 bridgehead atoms. The summed E-state index contributed by atoms with van der Waals surface area (Å²) in [5, 5.41) is 4.75. The Morgan fingerprint density at radius 1 is 1.12 bits per heavy atom. The third-order valence-electron chi connectivity index (χ3n) is 4.55. The van der Waals surface area contributed by atoms with Crippen molar-refractivity contribution in [2.45, 2.75) is 25.7 Å². The summed E-state index contributed by atoms with van der Waals surface area (Å²) in [5.74, 6) is 1.77. The van der Waals surface area contributed by atoms with Crippen LogP contribution in [0.2, 0.25) is 0 Å². The highest BCUT2D eigenvalue weighted by atomic mass is 16.5. The number of aromatic nitrogens is 3. The minimum Gasteiger partial charge on any atom is -0.497 e. The van der Waals surface area contributed by atoms with Crippen LogP contribution in [0.1, 0.15) is 40.2 Å². The number of ketones is 1. The van der Waals surface area contributed by atoms with Gasteiger partial charge in [-0.3, -0.25) is 4.79 Å². The first-order chi connectivity index (χ1) is 12.3. The third-order valence-corrected chi connectivity index (χ3v) is 4.55. The molecule has 0 atom stereocenters. The lowest BCUT2D eigenvalue weighted by atomic mass is 9.92. The molecule has 25 heavy (non-hydrogen) atoms. The second-order valence-corrected chi connectivity index (χ2v) is 6.17. The summed E-state index contributed by atoms with van der Waals surface area (Å²) in [6.07, 6.45) is 4.69. The van der Waals surface area contributed by atoms with Gasteiger partial charge in [0.05, 0.1) is 24.1 Å². The predicted molar refractivity (Wildman–Crippen MR) is 94.4 cm³/mol. The number of rotatable bonds is 4. The highest BCUT2D eigenvalue weighted by Crippen LogP contribution is 2.28. The summed E-state index contributed by atoms with van der Waals surface area (Å²) < 4.78 is 7.05. The highest BCUT2D eigenvalue weighted by Gasteiger charge is 2.27. The molecule has 0 saturated carbocycles. The number of fused-ring (bicyclic) bond motifs is 1. The topological polar surface area (TPSA) is 57.0 Å². The Hall–Kier alpha value is -2.95. The van der Waals surface area contributed by atoms with E-state index in [1.54, 1.807) is 13.3 Å². The van der Waals surface area contributed by atoms with Crippen molar-refractivity contribution in [3.63, 3.8) is 0 Å². The lowest BCUT2D eigenvalue weighted by Gasteiger charge is -2.13. The van der Waals surface area contributed by atoms with Crippen molar-refractivity contribution < 1.29 is 9.53 Å². The van der Waals surface area contributed by atoms with Gasteiger partial charge in [-0.1, -0.05) is 18.2 Å². The van der Waals surface area contributed by atoms with Gasteiger partial charge in [0.15, 0.2) is 11.6 Å². The maximum Gasteiger partial charge on any atom is 0.166 e. The fourth-order valence-corrected chi connectivity index (χ4v) is 3.33. The second kappa shape index (κ2) is 6.51. The number of carbonyl (C=O) groups excluding carboxylic acids is 1. The Balaban J connectivity index is 1.76. The quantitative estimate of drug-likeness (QED) is 0.734. The SMILES string of the molecule is COc1ccc(Cc2nn(-c3ccccn3)c3c2C(=O)CCC3)cc1. The van der Waals surface area contributed by atoms with E-state index >= 15 is 0 Å². The first kappa shape index (κ1) is 15.6. The van der Waals surface area contributed by atoms with Gasteiger partial charge in [-0.05, 0) is 42.7 Å². The molecule has 0 fully saturated rings. The summed E-state index contributed by atoms with van der Waals surface area (Å²) in [5.41, 5.74) is 3.70. The zero-order chi connectivity index (χ0) is 17.2. The van der Waals surface area contributed by atoms with Crippen LogP contribution < -0.4 is 4.74 Å². The predicted octanol–water partition coefficient (Wildman–Crippen LogP) is 3.39. The third kappa shape index (κ3) is 2.93. The van der Waals surface area contributed by atoms with Gasteiger partial charge in [-0.2, -0.15) is 5.10 Å². The number of Topliss-reactive ketones (excluding diaryl/α,β-unsaturated/α-hetero) is 1. The van der Waals surface area contributed by atoms with E-state index < -0.39 is 0 Å². The van der Waals surface area contributed by atoms with Crippen LogP contribution in [-0.4, -0.2) is 27.7 Å². The van der Waals surface area contributed by atoms with E-state index in [2.05, 4.69) is 4.98 Å². The van der Waals surface area contributed by atoms with Crippen molar-refractivity contribution >= 4 is 5.78 Å². The van der Waals surface area contributed by atoms with Gasteiger partial charge in [0.2, 0.25) is 0 Å². The summed E-state index contributed by atoms with van der Waals surface area (Å²) in [6, 6.07) is 13.6. The number of ether oxygens (including phenoxy) is 1. The first-order valence-electron chi connectivity index (χ1n) is 8.44. The maximum atomic E-state index is 12.5. The average Bonchev–Trinajstić information content (AvgIpc) is 3.03. The number of pyridine rings is 1. The van der Waals surface area contributed by atoms with Crippen molar-refractivity contribution in [2.24, 2.45) is 0 Å². The van der Waals surface area contributed by atoms with E-state index in [1.807, 2.05) is 47.1 Å². The van der Waals surface area contributed by atoms with E-state index in [0.717, 1.165) is 46.9 Å². The molecule has 2 heterocycles. The van der Waals surface area contributed by atoms with Crippen molar-refractivity contribution in [1.82, 2.24) is 14.8 Å². The standard InChI is InChI=1S/C20H19N3O2/c1-25-15-10-8-14(9-11-15)13-16-20-17(5-4-6-18(20)24)23(22-16)19-7-2-3-12-21-19/h2-3,7-12H,4-6,13H2,1H3. The van der Waals surface area contributed by atoms with E-state index in [9.17, 15) is 4.79 Å². The van der Waals surface area contributed by atoms with Crippen molar-refractivity contribution in [3.05, 3.63) is 71.2 Å². The van der Waals surface area contributed by atoms with E-state index in [-0.39, 0.29) is 5.78 Å². The Labute approximate surface area is 146 Å². The number of carbonyl (C=O) groups is 1. The summed E-state index contributed by atoms with van der Waals surface area (Å²) >= 11 is 0. The molecule has 2 aromatic heterocycles. The molecule has 0 aliphatic heterocycles. The van der Waals surface area contributed by atoms with Crippen LogP contribution in [0.5, 0.6) is 5.75 Å². The molecule has 3 aromatic rings. The maximum absolute atomic E-state index is 12.5. The van der Waals surface area contributed by atoms with Gasteiger partial charge in [0.25, 0.3) is 0 Å². The molecule has 0 spiro atoms. The number of hydrogen-bond donors (Lipinski definition) is 0. The van der Waals surface area contributed by atoms with Crippen molar-refractivity contribution in [3.8, 4) is 11.6 Å². The summed E-state index contributed by atoms with van der Waals surface area (Å²) in [6.45, 7) is 0. The molecule has 5 nitrogen and oxygen atoms in total. The minimum absolute atomic E-state index is 0.187. The zero-order valence-corrected chi connectivity index (χ0v) is 14.1. The molecule has 0 saturated heterocycles. The normalized spacial score (nSPS) is 13.6. The molecule has 5 heteroatoms. The smallest absolute Gasteiger partial charge is 0.166 e. The fourth-order valence-electron chi connectivity index (χ4n) is 3.33. The van der Waals surface area contributed by atoms with Crippen LogP contribution in [0.4, 0.5) is 0 Å². The Bertz CT molecular complexity index is 899. The van der Waals surface area contributed by atoms with Gasteiger partial charge in [-0.15, -0.1) is 0 Å². The molecule has 0 unspecified atom stereocenters. The van der Waals surface area contributed by atoms with E-state index in [4.69, 9.17) is 9.84 Å². The lowest BCUT2D eigenvalue weighted by molar-refractivity contribution is 0.0971. The second-order valence-electron chi connectivity index (χ2n) is 6.17. The first-order valence-corrected chi connectivity index (χ1v) is 8.44. The van der Waals surface area contributed by atoms with Gasteiger partial charge in [0, 0.05) is 19.0 Å². The largest absolute Gasteiger partial charge is 0.497 e.